The fourth-order valence-electron chi connectivity index (χ4n) is 4.07. The second kappa shape index (κ2) is 15.5. The fourth-order valence-corrected chi connectivity index (χ4v) is 4.25. The Bertz CT molecular complexity index is 897. The maximum absolute atomic E-state index is 11.9. The van der Waals surface area contributed by atoms with E-state index in [1.54, 1.807) is 43.3 Å². The minimum atomic E-state index is -0.895. The van der Waals surface area contributed by atoms with Crippen molar-refractivity contribution >= 4 is 17.5 Å². The van der Waals surface area contributed by atoms with Gasteiger partial charge >= 0.3 is 0 Å². The maximum Gasteiger partial charge on any atom is 0.294 e. The van der Waals surface area contributed by atoms with Gasteiger partial charge in [0.2, 0.25) is 5.91 Å². The van der Waals surface area contributed by atoms with Crippen molar-refractivity contribution in [3.63, 3.8) is 0 Å². The highest BCUT2D eigenvalue weighted by Crippen LogP contribution is 2.36. The number of allylic oxidation sites excluding steroid dienone is 2. The van der Waals surface area contributed by atoms with E-state index >= 15 is 0 Å². The molecule has 1 aromatic rings. The molecule has 36 heavy (non-hydrogen) atoms. The Morgan fingerprint density at radius 3 is 2.81 bits per heavy atom. The van der Waals surface area contributed by atoms with Crippen LogP contribution < -0.4 is 10.1 Å². The van der Waals surface area contributed by atoms with Crippen molar-refractivity contribution in [2.75, 3.05) is 13.2 Å². The first-order valence-electron chi connectivity index (χ1n) is 12.0. The molecule has 1 aliphatic carbocycles. The predicted octanol–water partition coefficient (Wildman–Crippen LogP) is 2.82. The quantitative estimate of drug-likeness (QED) is 0.118. The molecule has 1 unspecified atom stereocenters. The number of halogens is 1. The first-order chi connectivity index (χ1) is 17.2. The number of hydrogen-bond donors (Lipinski definition) is 4. The van der Waals surface area contributed by atoms with Gasteiger partial charge in [-0.1, -0.05) is 42.0 Å². The maximum atomic E-state index is 11.9. The molecule has 0 aliphatic heterocycles. The summed E-state index contributed by atoms with van der Waals surface area (Å²) in [6.45, 7) is 1.45. The van der Waals surface area contributed by atoms with Crippen LogP contribution in [-0.4, -0.2) is 63.9 Å². The van der Waals surface area contributed by atoms with Crippen molar-refractivity contribution in [3.8, 4) is 5.75 Å². The van der Waals surface area contributed by atoms with E-state index < -0.39 is 29.4 Å². The Hall–Kier alpha value is -2.66. The molecule has 2 rings (SSSR count). The number of aliphatic hydroxyl groups is 3. The fraction of sp³-hybridized carbons (Fsp3) is 0.560. The van der Waals surface area contributed by atoms with Gasteiger partial charge in [0.15, 0.2) is 0 Å². The van der Waals surface area contributed by atoms with E-state index in [0.717, 1.165) is 0 Å². The third-order valence-electron chi connectivity index (χ3n) is 5.88. The number of carbonyl (C=O) groups excluding carboxylic acids is 1. The lowest BCUT2D eigenvalue weighted by molar-refractivity contribution is -0.758. The molecular formula is C25H35ClN2O8. The number of nitrogens with one attached hydrogen (secondary N) is 1. The molecule has 0 bridgehead atoms. The predicted molar refractivity (Wildman–Crippen MR) is 134 cm³/mol. The molecule has 0 radical (unpaired) electrons. The van der Waals surface area contributed by atoms with Crippen LogP contribution in [0.3, 0.4) is 0 Å². The summed E-state index contributed by atoms with van der Waals surface area (Å²) in [6.07, 6.45) is 7.25. The van der Waals surface area contributed by atoms with Crippen molar-refractivity contribution in [2.45, 2.75) is 63.4 Å². The van der Waals surface area contributed by atoms with Gasteiger partial charge < -0.3 is 30.2 Å². The summed E-state index contributed by atoms with van der Waals surface area (Å²) in [4.78, 5) is 26.3. The van der Waals surface area contributed by atoms with E-state index in [0.29, 0.717) is 30.0 Å². The number of hydrogen-bond acceptors (Lipinski definition) is 8. The minimum Gasteiger partial charge on any atom is -0.491 e. The van der Waals surface area contributed by atoms with Crippen LogP contribution in [0.5, 0.6) is 5.75 Å². The summed E-state index contributed by atoms with van der Waals surface area (Å²) in [6, 6.07) is 6.41. The largest absolute Gasteiger partial charge is 0.491 e. The van der Waals surface area contributed by atoms with Gasteiger partial charge in [-0.15, -0.1) is 10.1 Å². The molecule has 10 nitrogen and oxygen atoms in total. The highest BCUT2D eigenvalue weighted by atomic mass is 35.5. The van der Waals surface area contributed by atoms with Gasteiger partial charge in [-0.3, -0.25) is 4.79 Å². The third kappa shape index (κ3) is 10.9. The molecule has 4 N–H and O–H groups in total. The van der Waals surface area contributed by atoms with Crippen molar-refractivity contribution in [3.05, 3.63) is 63.7 Å². The topological polar surface area (TPSA) is 151 Å². The number of benzene rings is 1. The van der Waals surface area contributed by atoms with E-state index in [2.05, 4.69) is 10.2 Å². The summed E-state index contributed by atoms with van der Waals surface area (Å²) >= 11 is 5.92. The van der Waals surface area contributed by atoms with Gasteiger partial charge in [-0.25, -0.2) is 0 Å². The first kappa shape index (κ1) is 29.6. The normalized spacial score (nSPS) is 23.6. The summed E-state index contributed by atoms with van der Waals surface area (Å²) < 4.78 is 5.53. The Balaban J connectivity index is 1.72. The third-order valence-corrected chi connectivity index (χ3v) is 6.11. The zero-order valence-corrected chi connectivity index (χ0v) is 21.0. The molecule has 1 aromatic carbocycles. The number of carbonyl (C=O) groups is 1. The average Bonchev–Trinajstić information content (AvgIpc) is 3.09. The summed E-state index contributed by atoms with van der Waals surface area (Å²) in [7, 11) is 0. The number of rotatable bonds is 15. The van der Waals surface area contributed by atoms with Crippen LogP contribution in [0.15, 0.2) is 48.6 Å². The molecule has 1 amide bonds. The second-order valence-electron chi connectivity index (χ2n) is 8.92. The molecule has 0 aromatic heterocycles. The molecule has 0 heterocycles. The summed E-state index contributed by atoms with van der Waals surface area (Å²) in [5.41, 5.74) is 0. The molecule has 0 spiro atoms. The number of unbranched alkanes of at least 4 members (excludes halogenated alkanes) is 1. The standard InChI is InChI=1S/C25H35ClN2O8/c1-17(15-36-28(33)34)27-25(32)10-5-3-2-4-9-21-22(24(31)14-23(21)30)12-11-19(29)16-35-20-8-6-7-18(26)13-20/h2,4,6-8,11-13,17,19,21-24,29-31H,3,5,9-10,14-16H2,1H3,(H,27,32)/t17?,19-,21-,22-,23+,24-/m1/s1. The van der Waals surface area contributed by atoms with Crippen molar-refractivity contribution < 1.29 is 34.8 Å². The Morgan fingerprint density at radius 2 is 2.08 bits per heavy atom. The minimum absolute atomic E-state index is 0.0297. The monoisotopic (exact) mass is 526 g/mol. The summed E-state index contributed by atoms with van der Waals surface area (Å²) in [5, 5.41) is 43.4. The Labute approximate surface area is 215 Å². The van der Waals surface area contributed by atoms with Crippen LogP contribution in [0.25, 0.3) is 0 Å². The van der Waals surface area contributed by atoms with Crippen LogP contribution in [0.1, 0.15) is 39.0 Å². The van der Waals surface area contributed by atoms with Crippen LogP contribution in [-0.2, 0) is 9.63 Å². The van der Waals surface area contributed by atoms with Crippen LogP contribution in [0.2, 0.25) is 5.02 Å². The number of amides is 1. The summed E-state index contributed by atoms with van der Waals surface area (Å²) in [5.74, 6) is -0.163. The lowest BCUT2D eigenvalue weighted by Crippen LogP contribution is -2.36. The molecule has 1 fully saturated rings. The molecule has 11 heteroatoms. The molecule has 200 valence electrons. The number of nitrogens with zero attached hydrogens (tertiary/aromatic N) is 1. The van der Waals surface area contributed by atoms with Gasteiger partial charge in [-0.05, 0) is 50.3 Å². The van der Waals surface area contributed by atoms with Crippen LogP contribution in [0, 0.1) is 22.0 Å². The Morgan fingerprint density at radius 1 is 1.31 bits per heavy atom. The SMILES string of the molecule is CC(CO[N+](=O)[O-])NC(=O)CCCC=CC[C@@H]1[C@@H](C=C[C@@H](O)COc2cccc(Cl)c2)[C@H](O)C[C@@H]1O. The van der Waals surface area contributed by atoms with Gasteiger partial charge in [0, 0.05) is 29.8 Å². The van der Waals surface area contributed by atoms with E-state index in [1.807, 2.05) is 12.2 Å². The van der Waals surface area contributed by atoms with Gasteiger partial charge in [0.05, 0.1) is 12.2 Å². The van der Waals surface area contributed by atoms with Crippen molar-refractivity contribution in [2.24, 2.45) is 11.8 Å². The van der Waals surface area contributed by atoms with Gasteiger partial charge in [-0.2, -0.15) is 0 Å². The van der Waals surface area contributed by atoms with Crippen LogP contribution >= 0.6 is 11.6 Å². The molecule has 1 saturated carbocycles. The average molecular weight is 527 g/mol. The lowest BCUT2D eigenvalue weighted by atomic mass is 9.89. The highest BCUT2D eigenvalue weighted by Gasteiger charge is 2.39. The lowest BCUT2D eigenvalue weighted by Gasteiger charge is -2.19. The zero-order valence-electron chi connectivity index (χ0n) is 20.2. The van der Waals surface area contributed by atoms with E-state index in [-0.39, 0.29) is 43.8 Å². The van der Waals surface area contributed by atoms with Crippen LogP contribution in [0.4, 0.5) is 0 Å². The zero-order chi connectivity index (χ0) is 26.5. The van der Waals surface area contributed by atoms with E-state index in [9.17, 15) is 30.2 Å². The van der Waals surface area contributed by atoms with Crippen molar-refractivity contribution in [1.29, 1.82) is 0 Å². The molecule has 0 saturated heterocycles. The van der Waals surface area contributed by atoms with E-state index in [1.165, 1.54) is 0 Å². The molecule has 1 aliphatic rings. The molecular weight excluding hydrogens is 492 g/mol. The molecule has 6 atom stereocenters. The number of ether oxygens (including phenoxy) is 1. The smallest absolute Gasteiger partial charge is 0.294 e. The second-order valence-corrected chi connectivity index (χ2v) is 9.36. The van der Waals surface area contributed by atoms with E-state index in [4.69, 9.17) is 16.3 Å². The number of aliphatic hydroxyl groups excluding tert-OH is 3. The first-order valence-corrected chi connectivity index (χ1v) is 12.4. The Kier molecular flexibility index (Phi) is 12.7. The highest BCUT2D eigenvalue weighted by molar-refractivity contribution is 6.30. The van der Waals surface area contributed by atoms with Gasteiger partial charge in [0.25, 0.3) is 5.09 Å². The van der Waals surface area contributed by atoms with Crippen molar-refractivity contribution in [1.82, 2.24) is 5.32 Å². The van der Waals surface area contributed by atoms with Gasteiger partial charge in [0.1, 0.15) is 25.1 Å².